The largest absolute Gasteiger partial charge is 0.495 e. The summed E-state index contributed by atoms with van der Waals surface area (Å²) in [6.07, 6.45) is 0.679. The molecule has 1 aromatic heterocycles. The highest BCUT2D eigenvalue weighted by Crippen LogP contribution is 2.45. The number of fused-ring (bicyclic) bond motifs is 1. The molecule has 0 aliphatic heterocycles. The first-order valence-electron chi connectivity index (χ1n) is 12.7. The molecule has 0 saturated heterocycles. The summed E-state index contributed by atoms with van der Waals surface area (Å²) in [5, 5.41) is 4.20. The van der Waals surface area contributed by atoms with Crippen molar-refractivity contribution in [2.75, 3.05) is 13.7 Å². The highest BCUT2D eigenvalue weighted by atomic mass is 35.5. The van der Waals surface area contributed by atoms with Crippen LogP contribution in [0.2, 0.25) is 5.02 Å². The van der Waals surface area contributed by atoms with Crippen LogP contribution in [0.5, 0.6) is 5.75 Å². The number of benzene rings is 3. The molecule has 7 heteroatoms. The third-order valence-electron chi connectivity index (χ3n) is 7.37. The number of aromatic amines is 1. The molecule has 194 valence electrons. The lowest BCUT2D eigenvalue weighted by Crippen LogP contribution is -2.27. The van der Waals surface area contributed by atoms with E-state index in [-0.39, 0.29) is 23.9 Å². The van der Waals surface area contributed by atoms with Crippen LogP contribution in [0.15, 0.2) is 72.8 Å². The normalized spacial score (nSPS) is 18.1. The Hall–Kier alpha value is -3.90. The lowest BCUT2D eigenvalue weighted by molar-refractivity contribution is -0.128. The van der Waals surface area contributed by atoms with Gasteiger partial charge in [0.15, 0.2) is 5.78 Å². The van der Waals surface area contributed by atoms with Crippen LogP contribution in [0.3, 0.4) is 0 Å². The second kappa shape index (κ2) is 10.8. The monoisotopic (exact) mass is 528 g/mol. The fourth-order valence-electron chi connectivity index (χ4n) is 5.63. The lowest BCUT2D eigenvalue weighted by Gasteiger charge is -2.24. The van der Waals surface area contributed by atoms with Gasteiger partial charge in [0.25, 0.3) is 0 Å². The SMILES string of the molecule is COc1cc2c(CCNC(C)=O)c(C(c3ccccc3)C3C(=O)CC(c4ccccc4)C3=O)[nH]c2cc1Cl. The molecule has 6 nitrogen and oxygen atoms in total. The average molecular weight is 529 g/mol. The molecule has 1 fully saturated rings. The summed E-state index contributed by atoms with van der Waals surface area (Å²) < 4.78 is 5.48. The summed E-state index contributed by atoms with van der Waals surface area (Å²) in [4.78, 5) is 42.7. The van der Waals surface area contributed by atoms with E-state index < -0.39 is 17.8 Å². The number of ketones is 2. The number of Topliss-reactive ketones (excluding diaryl/α,β-unsaturated/α-hetero) is 2. The van der Waals surface area contributed by atoms with Crippen molar-refractivity contribution in [3.8, 4) is 5.75 Å². The highest BCUT2D eigenvalue weighted by Gasteiger charge is 2.47. The maximum atomic E-state index is 14.0. The molecular weight excluding hydrogens is 500 g/mol. The van der Waals surface area contributed by atoms with E-state index in [1.54, 1.807) is 13.2 Å². The van der Waals surface area contributed by atoms with Crippen LogP contribution < -0.4 is 10.1 Å². The summed E-state index contributed by atoms with van der Waals surface area (Å²) in [5.74, 6) is -1.57. The number of rotatable bonds is 8. The minimum Gasteiger partial charge on any atom is -0.495 e. The van der Waals surface area contributed by atoms with E-state index in [2.05, 4.69) is 10.3 Å². The average Bonchev–Trinajstić information content (AvgIpc) is 3.41. The van der Waals surface area contributed by atoms with E-state index in [4.69, 9.17) is 16.3 Å². The molecule has 1 aliphatic rings. The van der Waals surface area contributed by atoms with Crippen LogP contribution in [0.4, 0.5) is 0 Å². The maximum Gasteiger partial charge on any atom is 0.216 e. The Kier molecular flexibility index (Phi) is 7.34. The number of aromatic nitrogens is 1. The van der Waals surface area contributed by atoms with Gasteiger partial charge in [0.05, 0.1) is 24.0 Å². The molecule has 4 aromatic rings. The fourth-order valence-corrected chi connectivity index (χ4v) is 5.88. The molecule has 3 atom stereocenters. The fraction of sp³-hybridized carbons (Fsp3) is 0.258. The molecule has 1 aliphatic carbocycles. The van der Waals surface area contributed by atoms with Gasteiger partial charge in [0, 0.05) is 42.4 Å². The Labute approximate surface area is 226 Å². The number of H-pyrrole nitrogens is 1. The summed E-state index contributed by atoms with van der Waals surface area (Å²) in [6, 6.07) is 22.8. The maximum absolute atomic E-state index is 14.0. The quantitative estimate of drug-likeness (QED) is 0.292. The van der Waals surface area contributed by atoms with Crippen molar-refractivity contribution >= 4 is 40.0 Å². The number of ether oxygens (including phenoxy) is 1. The molecule has 1 saturated carbocycles. The minimum absolute atomic E-state index is 0.0696. The summed E-state index contributed by atoms with van der Waals surface area (Å²) in [7, 11) is 1.56. The number of methoxy groups -OCH3 is 1. The van der Waals surface area contributed by atoms with E-state index in [1.165, 1.54) is 6.92 Å². The molecule has 1 heterocycles. The van der Waals surface area contributed by atoms with Gasteiger partial charge in [-0.2, -0.15) is 0 Å². The highest BCUT2D eigenvalue weighted by molar-refractivity contribution is 6.32. The minimum atomic E-state index is -0.840. The van der Waals surface area contributed by atoms with Crippen molar-refractivity contribution in [2.24, 2.45) is 5.92 Å². The first-order chi connectivity index (χ1) is 18.4. The van der Waals surface area contributed by atoms with Crippen molar-refractivity contribution in [2.45, 2.75) is 31.6 Å². The van der Waals surface area contributed by atoms with Crippen molar-refractivity contribution in [3.05, 3.63) is 100 Å². The zero-order chi connectivity index (χ0) is 26.8. The number of hydrogen-bond donors (Lipinski definition) is 2. The number of hydrogen-bond acceptors (Lipinski definition) is 4. The Morgan fingerprint density at radius 2 is 1.76 bits per heavy atom. The topological polar surface area (TPSA) is 88.3 Å². The van der Waals surface area contributed by atoms with Gasteiger partial charge in [0.2, 0.25) is 5.91 Å². The first kappa shape index (κ1) is 25.7. The Morgan fingerprint density at radius 3 is 2.42 bits per heavy atom. The van der Waals surface area contributed by atoms with Gasteiger partial charge in [-0.05, 0) is 35.2 Å². The zero-order valence-corrected chi connectivity index (χ0v) is 22.0. The predicted molar refractivity (Wildman–Crippen MR) is 148 cm³/mol. The Balaban J connectivity index is 1.68. The van der Waals surface area contributed by atoms with Gasteiger partial charge >= 0.3 is 0 Å². The molecule has 5 rings (SSSR count). The second-order valence-corrected chi connectivity index (χ2v) is 10.1. The van der Waals surface area contributed by atoms with Gasteiger partial charge in [-0.1, -0.05) is 72.3 Å². The third kappa shape index (κ3) is 4.84. The number of amides is 1. The van der Waals surface area contributed by atoms with Crippen molar-refractivity contribution < 1.29 is 19.1 Å². The van der Waals surface area contributed by atoms with Crippen LogP contribution in [0.1, 0.15) is 47.6 Å². The summed E-state index contributed by atoms with van der Waals surface area (Å²) in [6.45, 7) is 1.88. The van der Waals surface area contributed by atoms with Crippen LogP contribution in [0, 0.1) is 5.92 Å². The van der Waals surface area contributed by atoms with Crippen LogP contribution in [-0.4, -0.2) is 36.1 Å². The van der Waals surface area contributed by atoms with E-state index in [1.807, 2.05) is 66.7 Å². The Bertz CT molecular complexity index is 1500. The molecule has 2 N–H and O–H groups in total. The molecule has 1 amide bonds. The Morgan fingerprint density at radius 1 is 1.08 bits per heavy atom. The van der Waals surface area contributed by atoms with Gasteiger partial charge in [-0.15, -0.1) is 0 Å². The van der Waals surface area contributed by atoms with Crippen LogP contribution >= 0.6 is 11.6 Å². The number of nitrogens with one attached hydrogen (secondary N) is 2. The first-order valence-corrected chi connectivity index (χ1v) is 13.1. The van der Waals surface area contributed by atoms with Crippen LogP contribution in [0.25, 0.3) is 10.9 Å². The lowest BCUT2D eigenvalue weighted by atomic mass is 9.78. The van der Waals surface area contributed by atoms with Gasteiger partial charge < -0.3 is 15.0 Å². The predicted octanol–water partition coefficient (Wildman–Crippen LogP) is 5.58. The molecule has 0 bridgehead atoms. The van der Waals surface area contributed by atoms with Crippen molar-refractivity contribution in [1.82, 2.24) is 10.3 Å². The summed E-state index contributed by atoms with van der Waals surface area (Å²) >= 11 is 6.46. The van der Waals surface area contributed by atoms with E-state index in [0.717, 1.165) is 33.3 Å². The summed E-state index contributed by atoms with van der Waals surface area (Å²) in [5.41, 5.74) is 4.21. The van der Waals surface area contributed by atoms with Gasteiger partial charge in [-0.25, -0.2) is 0 Å². The molecular formula is C31H29ClN2O4. The van der Waals surface area contributed by atoms with Crippen molar-refractivity contribution in [1.29, 1.82) is 0 Å². The van der Waals surface area contributed by atoms with Gasteiger partial charge in [0.1, 0.15) is 11.5 Å². The molecule has 3 aromatic carbocycles. The van der Waals surface area contributed by atoms with Crippen molar-refractivity contribution in [3.63, 3.8) is 0 Å². The zero-order valence-electron chi connectivity index (χ0n) is 21.3. The molecule has 0 radical (unpaired) electrons. The van der Waals surface area contributed by atoms with E-state index >= 15 is 0 Å². The molecule has 3 unspecified atom stereocenters. The third-order valence-corrected chi connectivity index (χ3v) is 7.66. The number of halogens is 1. The number of carbonyl (C=O) groups is 3. The standard InChI is InChI=1S/C31H29ClN2O4/c1-18(35)33-14-13-21-23-16-27(38-2)24(32)17-25(23)34-30(21)28(20-11-7-4-8-12-20)29-26(36)15-22(31(29)37)19-9-5-3-6-10-19/h3-12,16-17,22,28-29,34H,13-15H2,1-2H3,(H,33,35). The van der Waals surface area contributed by atoms with E-state index in [0.29, 0.717) is 23.7 Å². The molecule has 0 spiro atoms. The van der Waals surface area contributed by atoms with Gasteiger partial charge in [-0.3, -0.25) is 14.4 Å². The molecule has 38 heavy (non-hydrogen) atoms. The smallest absolute Gasteiger partial charge is 0.216 e. The van der Waals surface area contributed by atoms with E-state index in [9.17, 15) is 14.4 Å². The second-order valence-electron chi connectivity index (χ2n) is 9.68. The number of carbonyl (C=O) groups excluding carboxylic acids is 3. The van der Waals surface area contributed by atoms with Crippen LogP contribution in [-0.2, 0) is 20.8 Å².